The second-order valence-electron chi connectivity index (χ2n) is 3.06. The van der Waals surface area contributed by atoms with Gasteiger partial charge in [0.25, 0.3) is 0 Å². The zero-order chi connectivity index (χ0) is 11.1. The number of halogens is 1. The minimum atomic E-state index is -0.229. The van der Waals surface area contributed by atoms with E-state index in [1.54, 1.807) is 0 Å². The molecular formula is C11H12ClNO2. The van der Waals surface area contributed by atoms with Gasteiger partial charge < -0.3 is 9.69 Å². The highest BCUT2D eigenvalue weighted by Crippen LogP contribution is 2.04. The van der Waals surface area contributed by atoms with Gasteiger partial charge in [0.05, 0.1) is 6.54 Å². The van der Waals surface area contributed by atoms with Crippen molar-refractivity contribution in [1.29, 1.82) is 0 Å². The van der Waals surface area contributed by atoms with Gasteiger partial charge in [0.2, 0.25) is 5.91 Å². The fourth-order valence-electron chi connectivity index (χ4n) is 1.23. The van der Waals surface area contributed by atoms with Crippen LogP contribution in [0.4, 0.5) is 0 Å². The van der Waals surface area contributed by atoms with Gasteiger partial charge in [0.1, 0.15) is 12.2 Å². The lowest BCUT2D eigenvalue weighted by Crippen LogP contribution is -2.33. The number of hydrogen-bond donors (Lipinski definition) is 0. The number of hydrogen-bond acceptors (Lipinski definition) is 2. The number of nitrogens with zero attached hydrogens (tertiary/aromatic N) is 1. The van der Waals surface area contributed by atoms with Crippen LogP contribution in [-0.2, 0) is 16.1 Å². The Morgan fingerprint density at radius 1 is 1.33 bits per heavy atom. The zero-order valence-corrected chi connectivity index (χ0v) is 8.98. The van der Waals surface area contributed by atoms with Crippen LogP contribution >= 0.6 is 11.6 Å². The van der Waals surface area contributed by atoms with E-state index in [1.165, 1.54) is 4.90 Å². The maximum Gasteiger partial charge on any atom is 0.238 e. The van der Waals surface area contributed by atoms with E-state index in [1.807, 2.05) is 30.3 Å². The van der Waals surface area contributed by atoms with Crippen molar-refractivity contribution in [3.63, 3.8) is 0 Å². The third kappa shape index (κ3) is 3.72. The highest BCUT2D eigenvalue weighted by molar-refractivity contribution is 6.27. The van der Waals surface area contributed by atoms with Crippen LogP contribution in [0.5, 0.6) is 0 Å². The average Bonchev–Trinajstić information content (AvgIpc) is 2.29. The molecule has 0 saturated carbocycles. The van der Waals surface area contributed by atoms with Gasteiger partial charge in [-0.1, -0.05) is 30.3 Å². The summed E-state index contributed by atoms with van der Waals surface area (Å²) in [7, 11) is 0. The first kappa shape index (κ1) is 11.7. The summed E-state index contributed by atoms with van der Waals surface area (Å²) in [5.41, 5.74) is 0.984. The van der Waals surface area contributed by atoms with Gasteiger partial charge in [-0.25, -0.2) is 0 Å². The molecule has 0 radical (unpaired) electrons. The van der Waals surface area contributed by atoms with E-state index >= 15 is 0 Å². The minimum Gasteiger partial charge on any atom is -0.330 e. The normalized spacial score (nSPS) is 9.67. The molecule has 0 spiro atoms. The molecule has 0 saturated heterocycles. The maximum absolute atomic E-state index is 11.3. The molecule has 1 amide bonds. The van der Waals surface area contributed by atoms with Gasteiger partial charge in [-0.15, -0.1) is 11.6 Å². The lowest BCUT2D eigenvalue weighted by molar-refractivity contribution is -0.131. The Morgan fingerprint density at radius 2 is 2.00 bits per heavy atom. The topological polar surface area (TPSA) is 37.4 Å². The lowest BCUT2D eigenvalue weighted by Gasteiger charge is -2.18. The Balaban J connectivity index is 2.66. The molecule has 4 heteroatoms. The number of amides is 1. The number of alkyl halides is 1. The van der Waals surface area contributed by atoms with Crippen LogP contribution in [0.3, 0.4) is 0 Å². The molecule has 0 aromatic heterocycles. The van der Waals surface area contributed by atoms with Gasteiger partial charge >= 0.3 is 0 Å². The third-order valence-corrected chi connectivity index (χ3v) is 2.21. The summed E-state index contributed by atoms with van der Waals surface area (Å²) in [6, 6.07) is 9.48. The molecule has 0 atom stereocenters. The molecule has 3 nitrogen and oxygen atoms in total. The van der Waals surface area contributed by atoms with Gasteiger partial charge in [0, 0.05) is 6.54 Å². The molecule has 0 fully saturated rings. The summed E-state index contributed by atoms with van der Waals surface area (Å²) in [6.07, 6.45) is 0.702. The monoisotopic (exact) mass is 225 g/mol. The minimum absolute atomic E-state index is 0.0838. The fraction of sp³-hybridized carbons (Fsp3) is 0.273. The molecule has 0 heterocycles. The number of carbonyl (C=O) groups excluding carboxylic acids is 2. The second-order valence-corrected chi connectivity index (χ2v) is 3.33. The van der Waals surface area contributed by atoms with Crippen molar-refractivity contribution < 1.29 is 9.59 Å². The van der Waals surface area contributed by atoms with Crippen molar-refractivity contribution in [1.82, 2.24) is 4.90 Å². The summed E-state index contributed by atoms with van der Waals surface area (Å²) in [4.78, 5) is 23.2. The zero-order valence-electron chi connectivity index (χ0n) is 8.23. The third-order valence-electron chi connectivity index (χ3n) is 1.98. The smallest absolute Gasteiger partial charge is 0.238 e. The molecule has 1 rings (SSSR count). The standard InChI is InChI=1S/C11H12ClNO2/c12-8-11(15)13(6-7-14)9-10-4-2-1-3-5-10/h1-5,7H,6,8-9H2. The van der Waals surface area contributed by atoms with E-state index in [4.69, 9.17) is 11.6 Å². The predicted octanol–water partition coefficient (Wildman–Crippen LogP) is 1.45. The molecule has 15 heavy (non-hydrogen) atoms. The van der Waals surface area contributed by atoms with Crippen LogP contribution < -0.4 is 0 Å². The van der Waals surface area contributed by atoms with Crippen LogP contribution in [0.2, 0.25) is 0 Å². The largest absolute Gasteiger partial charge is 0.330 e. The van der Waals surface area contributed by atoms with Crippen LogP contribution in [0.1, 0.15) is 5.56 Å². The van der Waals surface area contributed by atoms with Crippen molar-refractivity contribution in [3.8, 4) is 0 Å². The molecular weight excluding hydrogens is 214 g/mol. The SMILES string of the molecule is O=CCN(Cc1ccccc1)C(=O)CCl. The van der Waals surface area contributed by atoms with Crippen molar-refractivity contribution >= 4 is 23.8 Å². The van der Waals surface area contributed by atoms with Crippen molar-refractivity contribution in [2.24, 2.45) is 0 Å². The first-order chi connectivity index (χ1) is 7.27. The molecule has 0 aliphatic carbocycles. The summed E-state index contributed by atoms with van der Waals surface area (Å²) in [5, 5.41) is 0. The highest BCUT2D eigenvalue weighted by atomic mass is 35.5. The molecule has 1 aromatic carbocycles. The summed E-state index contributed by atoms with van der Waals surface area (Å²) < 4.78 is 0. The van der Waals surface area contributed by atoms with Crippen LogP contribution in [-0.4, -0.2) is 29.5 Å². The molecule has 0 unspecified atom stereocenters. The van der Waals surface area contributed by atoms with Crippen molar-refractivity contribution in [2.45, 2.75) is 6.54 Å². The van der Waals surface area contributed by atoms with E-state index in [-0.39, 0.29) is 18.3 Å². The van der Waals surface area contributed by atoms with Crippen LogP contribution in [0, 0.1) is 0 Å². The average molecular weight is 226 g/mol. The second kappa shape index (κ2) is 6.19. The number of carbonyl (C=O) groups is 2. The fourth-order valence-corrected chi connectivity index (χ4v) is 1.40. The lowest BCUT2D eigenvalue weighted by atomic mass is 10.2. The molecule has 1 aromatic rings. The van der Waals surface area contributed by atoms with E-state index in [2.05, 4.69) is 0 Å². The van der Waals surface area contributed by atoms with E-state index in [9.17, 15) is 9.59 Å². The summed E-state index contributed by atoms with van der Waals surface area (Å²) >= 11 is 5.44. The first-order valence-electron chi connectivity index (χ1n) is 4.59. The number of rotatable bonds is 5. The molecule has 0 aliphatic heterocycles. The van der Waals surface area contributed by atoms with Crippen molar-refractivity contribution in [2.75, 3.05) is 12.4 Å². The molecule has 80 valence electrons. The summed E-state index contributed by atoms with van der Waals surface area (Å²) in [6.45, 7) is 0.506. The van der Waals surface area contributed by atoms with Gasteiger partial charge in [-0.3, -0.25) is 4.79 Å². The molecule has 0 aliphatic rings. The van der Waals surface area contributed by atoms with Gasteiger partial charge in [-0.05, 0) is 5.56 Å². The quantitative estimate of drug-likeness (QED) is 0.562. The van der Waals surface area contributed by atoms with E-state index < -0.39 is 0 Å². The Hall–Kier alpha value is -1.35. The van der Waals surface area contributed by atoms with Crippen LogP contribution in [0.15, 0.2) is 30.3 Å². The first-order valence-corrected chi connectivity index (χ1v) is 5.12. The van der Waals surface area contributed by atoms with E-state index in [0.717, 1.165) is 5.56 Å². The summed E-state index contributed by atoms with van der Waals surface area (Å²) in [5.74, 6) is -0.326. The highest BCUT2D eigenvalue weighted by Gasteiger charge is 2.11. The van der Waals surface area contributed by atoms with Crippen molar-refractivity contribution in [3.05, 3.63) is 35.9 Å². The molecule has 0 bridgehead atoms. The Kier molecular flexibility index (Phi) is 4.84. The van der Waals surface area contributed by atoms with Gasteiger partial charge in [-0.2, -0.15) is 0 Å². The Morgan fingerprint density at radius 3 is 2.53 bits per heavy atom. The predicted molar refractivity (Wildman–Crippen MR) is 58.6 cm³/mol. The van der Waals surface area contributed by atoms with Gasteiger partial charge in [0.15, 0.2) is 0 Å². The van der Waals surface area contributed by atoms with E-state index in [0.29, 0.717) is 12.8 Å². The Bertz CT molecular complexity index is 327. The van der Waals surface area contributed by atoms with Crippen LogP contribution in [0.25, 0.3) is 0 Å². The Labute approximate surface area is 93.6 Å². The number of benzene rings is 1. The molecule has 0 N–H and O–H groups in total. The maximum atomic E-state index is 11.3. The number of aldehydes is 1.